The number of anilines is 2. The molecule has 1 fully saturated rings. The van der Waals surface area contributed by atoms with Gasteiger partial charge in [0, 0.05) is 18.5 Å². The van der Waals surface area contributed by atoms with Crippen molar-refractivity contribution in [3.8, 4) is 0 Å². The summed E-state index contributed by atoms with van der Waals surface area (Å²) in [5.74, 6) is -2.02. The Hall–Kier alpha value is -2.44. The molecule has 0 aliphatic carbocycles. The number of nitrogens with one attached hydrogen (secondary N) is 1. The molecule has 0 aromatic heterocycles. The van der Waals surface area contributed by atoms with Gasteiger partial charge >= 0.3 is 0 Å². The van der Waals surface area contributed by atoms with Gasteiger partial charge in [-0.3, -0.25) is 19.3 Å². The third kappa shape index (κ3) is 3.77. The monoisotopic (exact) mass is 293 g/mol. The third-order valence-electron chi connectivity index (χ3n) is 3.20. The molecule has 0 spiro atoms. The van der Waals surface area contributed by atoms with Crippen molar-refractivity contribution < 1.29 is 18.8 Å². The third-order valence-corrected chi connectivity index (χ3v) is 3.20. The Bertz CT molecular complexity index is 571. The van der Waals surface area contributed by atoms with Gasteiger partial charge in [-0.05, 0) is 31.0 Å². The lowest BCUT2D eigenvalue weighted by molar-refractivity contribution is -0.146. The molecule has 0 saturated carbocycles. The van der Waals surface area contributed by atoms with Gasteiger partial charge in [-0.25, -0.2) is 4.39 Å². The zero-order valence-electron chi connectivity index (χ0n) is 11.4. The minimum absolute atomic E-state index is 0.0743. The van der Waals surface area contributed by atoms with Gasteiger partial charge in [-0.15, -0.1) is 0 Å². The van der Waals surface area contributed by atoms with E-state index in [0.717, 1.165) is 11.0 Å². The van der Waals surface area contributed by atoms with Crippen LogP contribution in [0.4, 0.5) is 15.8 Å². The summed E-state index contributed by atoms with van der Waals surface area (Å²) in [4.78, 5) is 36.3. The molecule has 7 heteroatoms. The van der Waals surface area contributed by atoms with Crippen molar-refractivity contribution in [3.05, 3.63) is 24.0 Å². The number of carbonyl (C=O) groups is 3. The number of rotatable bonds is 3. The number of hydrogen-bond donors (Lipinski definition) is 2. The van der Waals surface area contributed by atoms with Gasteiger partial charge in [-0.1, -0.05) is 0 Å². The molecule has 0 radical (unpaired) electrons. The van der Waals surface area contributed by atoms with E-state index >= 15 is 0 Å². The van der Waals surface area contributed by atoms with Gasteiger partial charge in [0.15, 0.2) is 0 Å². The summed E-state index contributed by atoms with van der Waals surface area (Å²) in [6.07, 6.45) is 1.75. The second-order valence-corrected chi connectivity index (χ2v) is 4.87. The van der Waals surface area contributed by atoms with E-state index in [1.807, 2.05) is 0 Å². The first-order valence-corrected chi connectivity index (χ1v) is 6.65. The van der Waals surface area contributed by atoms with Crippen molar-refractivity contribution in [2.24, 2.45) is 0 Å². The van der Waals surface area contributed by atoms with Gasteiger partial charge in [0.25, 0.3) is 0 Å². The Morgan fingerprint density at radius 1 is 1.24 bits per heavy atom. The van der Waals surface area contributed by atoms with Crippen molar-refractivity contribution in [2.45, 2.75) is 25.7 Å². The number of likely N-dealkylation sites (tertiary alicyclic amines) is 1. The lowest BCUT2D eigenvalue weighted by atomic mass is 10.2. The van der Waals surface area contributed by atoms with E-state index in [-0.39, 0.29) is 30.3 Å². The summed E-state index contributed by atoms with van der Waals surface area (Å²) in [5, 5.41) is 2.32. The lowest BCUT2D eigenvalue weighted by Gasteiger charge is -2.18. The van der Waals surface area contributed by atoms with Crippen LogP contribution in [0.25, 0.3) is 0 Å². The number of benzene rings is 1. The molecule has 112 valence electrons. The molecule has 1 aromatic carbocycles. The highest BCUT2D eigenvalue weighted by Gasteiger charge is 2.26. The smallest absolute Gasteiger partial charge is 0.244 e. The average Bonchev–Trinajstić information content (AvgIpc) is 2.58. The van der Waals surface area contributed by atoms with E-state index in [1.54, 1.807) is 0 Å². The van der Waals surface area contributed by atoms with Crippen LogP contribution in [0.15, 0.2) is 18.2 Å². The first-order chi connectivity index (χ1) is 9.97. The van der Waals surface area contributed by atoms with Crippen LogP contribution >= 0.6 is 0 Å². The zero-order chi connectivity index (χ0) is 15.4. The molecule has 0 unspecified atom stereocenters. The second kappa shape index (κ2) is 6.34. The van der Waals surface area contributed by atoms with Gasteiger partial charge in [0.1, 0.15) is 12.4 Å². The Kier molecular flexibility index (Phi) is 4.52. The SMILES string of the molecule is Nc1ccc(F)c(NC(=O)CN2C(=O)CCCCC2=O)c1. The normalized spacial score (nSPS) is 15.8. The fourth-order valence-electron chi connectivity index (χ4n) is 2.11. The van der Waals surface area contributed by atoms with Crippen molar-refractivity contribution in [2.75, 3.05) is 17.6 Å². The molecule has 3 N–H and O–H groups in total. The quantitative estimate of drug-likeness (QED) is 0.648. The van der Waals surface area contributed by atoms with Crippen LogP contribution in [0.2, 0.25) is 0 Å². The van der Waals surface area contributed by atoms with E-state index in [2.05, 4.69) is 5.32 Å². The summed E-state index contributed by atoms with van der Waals surface area (Å²) in [5.41, 5.74) is 5.74. The maximum atomic E-state index is 13.5. The highest BCUT2D eigenvalue weighted by molar-refractivity contribution is 6.02. The number of amides is 3. The molecule has 21 heavy (non-hydrogen) atoms. The van der Waals surface area contributed by atoms with Gasteiger partial charge in [0.2, 0.25) is 17.7 Å². The second-order valence-electron chi connectivity index (χ2n) is 4.87. The van der Waals surface area contributed by atoms with Crippen LogP contribution in [0.3, 0.4) is 0 Å². The number of nitrogens with two attached hydrogens (primary N) is 1. The van der Waals surface area contributed by atoms with Crippen LogP contribution < -0.4 is 11.1 Å². The average molecular weight is 293 g/mol. The molecule has 6 nitrogen and oxygen atoms in total. The van der Waals surface area contributed by atoms with Crippen molar-refractivity contribution in [1.82, 2.24) is 4.90 Å². The molecule has 1 saturated heterocycles. The number of nitrogen functional groups attached to an aromatic ring is 1. The van der Waals surface area contributed by atoms with E-state index < -0.39 is 18.3 Å². The van der Waals surface area contributed by atoms with Crippen LogP contribution in [-0.2, 0) is 14.4 Å². The molecule has 1 aliphatic rings. The van der Waals surface area contributed by atoms with Crippen LogP contribution in [0, 0.1) is 5.82 Å². The minimum Gasteiger partial charge on any atom is -0.399 e. The molecule has 1 aliphatic heterocycles. The van der Waals surface area contributed by atoms with Crippen LogP contribution in [0.1, 0.15) is 25.7 Å². The Morgan fingerprint density at radius 3 is 2.48 bits per heavy atom. The van der Waals surface area contributed by atoms with Crippen molar-refractivity contribution in [1.29, 1.82) is 0 Å². The van der Waals surface area contributed by atoms with Crippen LogP contribution in [0.5, 0.6) is 0 Å². The minimum atomic E-state index is -0.636. The molecular weight excluding hydrogens is 277 g/mol. The molecule has 1 aromatic rings. The summed E-state index contributed by atoms with van der Waals surface area (Å²) >= 11 is 0. The zero-order valence-corrected chi connectivity index (χ0v) is 11.4. The van der Waals surface area contributed by atoms with Crippen molar-refractivity contribution >= 4 is 29.1 Å². The maximum Gasteiger partial charge on any atom is 0.244 e. The fourth-order valence-corrected chi connectivity index (χ4v) is 2.11. The lowest BCUT2D eigenvalue weighted by Crippen LogP contribution is -2.41. The summed E-state index contributed by atoms with van der Waals surface area (Å²) in [6.45, 7) is -0.411. The summed E-state index contributed by atoms with van der Waals surface area (Å²) < 4.78 is 13.5. The number of halogens is 1. The fraction of sp³-hybridized carbons (Fsp3) is 0.357. The molecular formula is C14H16FN3O3. The first-order valence-electron chi connectivity index (χ1n) is 6.65. The molecule has 1 heterocycles. The van der Waals surface area contributed by atoms with E-state index in [9.17, 15) is 18.8 Å². The van der Waals surface area contributed by atoms with E-state index in [4.69, 9.17) is 5.73 Å². The Morgan fingerprint density at radius 2 is 1.86 bits per heavy atom. The Labute approximate surface area is 121 Å². The number of imide groups is 1. The highest BCUT2D eigenvalue weighted by atomic mass is 19.1. The number of carbonyl (C=O) groups excluding carboxylic acids is 3. The molecule has 0 bridgehead atoms. The van der Waals surface area contributed by atoms with Gasteiger partial charge in [-0.2, -0.15) is 0 Å². The summed E-state index contributed by atoms with van der Waals surface area (Å²) in [6, 6.07) is 3.78. The highest BCUT2D eigenvalue weighted by Crippen LogP contribution is 2.18. The van der Waals surface area contributed by atoms with Crippen LogP contribution in [-0.4, -0.2) is 29.2 Å². The Balaban J connectivity index is 2.05. The predicted molar refractivity (Wildman–Crippen MR) is 74.6 cm³/mol. The van der Waals surface area contributed by atoms with E-state index in [0.29, 0.717) is 18.5 Å². The molecule has 3 amide bonds. The van der Waals surface area contributed by atoms with Crippen molar-refractivity contribution in [3.63, 3.8) is 0 Å². The van der Waals surface area contributed by atoms with Gasteiger partial charge < -0.3 is 11.1 Å². The molecule has 2 rings (SSSR count). The largest absolute Gasteiger partial charge is 0.399 e. The van der Waals surface area contributed by atoms with Gasteiger partial charge in [0.05, 0.1) is 5.69 Å². The first kappa shape index (κ1) is 15.0. The van der Waals surface area contributed by atoms with E-state index in [1.165, 1.54) is 12.1 Å². The standard InChI is InChI=1S/C14H16FN3O3/c15-10-6-5-9(16)7-11(10)17-12(19)8-18-13(20)3-1-2-4-14(18)21/h5-7H,1-4,8,16H2,(H,17,19). The summed E-state index contributed by atoms with van der Waals surface area (Å²) in [7, 11) is 0. The maximum absolute atomic E-state index is 13.5. The number of hydrogen-bond acceptors (Lipinski definition) is 4. The molecule has 0 atom stereocenters. The number of nitrogens with zero attached hydrogens (tertiary/aromatic N) is 1. The topological polar surface area (TPSA) is 92.5 Å². The predicted octanol–water partition coefficient (Wildman–Crippen LogP) is 1.28.